The first kappa shape index (κ1) is 21.8. The molecule has 2 aromatic carbocycles. The molecular formula is C25H24N2O4S. The van der Waals surface area contributed by atoms with Crippen LogP contribution in [0.3, 0.4) is 0 Å². The van der Waals surface area contributed by atoms with E-state index in [1.165, 1.54) is 21.1 Å². The van der Waals surface area contributed by atoms with E-state index in [2.05, 4.69) is 0 Å². The second kappa shape index (κ2) is 9.36. The standard InChI is InChI=1S/C25H24N2O4S/c1-3-31-20-12-10-19(11-13-20)27-23(28)15-21(24(27)29)26(25(30)22-5-4-14-32-22)16-18-8-6-17(2)7-9-18/h4-14,21H,3,15-16H2,1-2H3. The number of ether oxygens (including phenoxy) is 1. The van der Waals surface area contributed by atoms with E-state index in [4.69, 9.17) is 4.74 Å². The summed E-state index contributed by atoms with van der Waals surface area (Å²) in [6.45, 7) is 4.66. The summed E-state index contributed by atoms with van der Waals surface area (Å²) in [5.41, 5.74) is 2.49. The van der Waals surface area contributed by atoms with Gasteiger partial charge in [0.1, 0.15) is 11.8 Å². The zero-order valence-corrected chi connectivity index (χ0v) is 18.8. The summed E-state index contributed by atoms with van der Waals surface area (Å²) in [6.07, 6.45) is -0.0466. The average molecular weight is 449 g/mol. The highest BCUT2D eigenvalue weighted by Gasteiger charge is 2.44. The van der Waals surface area contributed by atoms with Gasteiger partial charge >= 0.3 is 0 Å². The van der Waals surface area contributed by atoms with Gasteiger partial charge in [-0.15, -0.1) is 11.3 Å². The van der Waals surface area contributed by atoms with Crippen molar-refractivity contribution in [2.75, 3.05) is 11.5 Å². The number of carbonyl (C=O) groups excluding carboxylic acids is 3. The zero-order valence-electron chi connectivity index (χ0n) is 18.0. The van der Waals surface area contributed by atoms with E-state index < -0.39 is 11.9 Å². The third-order valence-corrected chi connectivity index (χ3v) is 6.23. The van der Waals surface area contributed by atoms with Crippen molar-refractivity contribution in [1.82, 2.24) is 4.90 Å². The van der Waals surface area contributed by atoms with Gasteiger partial charge in [0.2, 0.25) is 5.91 Å². The summed E-state index contributed by atoms with van der Waals surface area (Å²) < 4.78 is 5.44. The SMILES string of the molecule is CCOc1ccc(N2C(=O)CC(N(Cc3ccc(C)cc3)C(=O)c3cccs3)C2=O)cc1. The Morgan fingerprint density at radius 1 is 1.09 bits per heavy atom. The van der Waals surface area contributed by atoms with Gasteiger partial charge < -0.3 is 9.64 Å². The van der Waals surface area contributed by atoms with Crippen LogP contribution in [-0.4, -0.2) is 35.3 Å². The Hall–Kier alpha value is -3.45. The number of benzene rings is 2. The maximum absolute atomic E-state index is 13.4. The number of hydrogen-bond acceptors (Lipinski definition) is 5. The van der Waals surface area contributed by atoms with Gasteiger partial charge in [-0.1, -0.05) is 35.9 Å². The monoisotopic (exact) mass is 448 g/mol. The van der Waals surface area contributed by atoms with Gasteiger partial charge in [0.25, 0.3) is 11.8 Å². The Balaban J connectivity index is 1.63. The highest BCUT2D eigenvalue weighted by Crippen LogP contribution is 2.29. The van der Waals surface area contributed by atoms with E-state index in [0.29, 0.717) is 22.9 Å². The van der Waals surface area contributed by atoms with Crippen LogP contribution in [-0.2, 0) is 16.1 Å². The van der Waals surface area contributed by atoms with Crippen molar-refractivity contribution in [3.8, 4) is 5.75 Å². The third kappa shape index (κ3) is 4.43. The Bertz CT molecular complexity index is 1110. The van der Waals surface area contributed by atoms with E-state index in [1.54, 1.807) is 36.4 Å². The van der Waals surface area contributed by atoms with Crippen molar-refractivity contribution in [1.29, 1.82) is 0 Å². The molecule has 0 aliphatic carbocycles. The molecule has 3 aromatic rings. The van der Waals surface area contributed by atoms with Crippen molar-refractivity contribution in [3.05, 3.63) is 82.0 Å². The van der Waals surface area contributed by atoms with E-state index in [1.807, 2.05) is 43.5 Å². The van der Waals surface area contributed by atoms with Crippen molar-refractivity contribution in [3.63, 3.8) is 0 Å². The van der Waals surface area contributed by atoms with Gasteiger partial charge in [0.05, 0.1) is 23.6 Å². The molecule has 1 atom stereocenters. The molecule has 0 radical (unpaired) electrons. The van der Waals surface area contributed by atoms with Crippen LogP contribution >= 0.6 is 11.3 Å². The molecule has 1 aliphatic rings. The fraction of sp³-hybridized carbons (Fsp3) is 0.240. The minimum absolute atomic E-state index is 0.0466. The van der Waals surface area contributed by atoms with Crippen LogP contribution in [0, 0.1) is 6.92 Å². The first-order valence-electron chi connectivity index (χ1n) is 10.5. The van der Waals surface area contributed by atoms with E-state index >= 15 is 0 Å². The number of carbonyl (C=O) groups is 3. The van der Waals surface area contributed by atoms with Gasteiger partial charge in [0.15, 0.2) is 0 Å². The van der Waals surface area contributed by atoms with Gasteiger partial charge in [-0.25, -0.2) is 4.90 Å². The maximum atomic E-state index is 13.4. The number of imide groups is 1. The maximum Gasteiger partial charge on any atom is 0.264 e. The molecule has 3 amide bonds. The molecule has 7 heteroatoms. The summed E-state index contributed by atoms with van der Waals surface area (Å²) in [5.74, 6) is -0.297. The third-order valence-electron chi connectivity index (χ3n) is 5.37. The number of thiophene rings is 1. The first-order chi connectivity index (χ1) is 15.5. The lowest BCUT2D eigenvalue weighted by Gasteiger charge is -2.27. The molecular weight excluding hydrogens is 424 g/mol. The van der Waals surface area contributed by atoms with Gasteiger partial charge in [-0.05, 0) is 55.1 Å². The largest absolute Gasteiger partial charge is 0.494 e. The minimum Gasteiger partial charge on any atom is -0.494 e. The number of aryl methyl sites for hydroxylation is 1. The van der Waals surface area contributed by atoms with Gasteiger partial charge in [-0.2, -0.15) is 0 Å². The quantitative estimate of drug-likeness (QED) is 0.502. The fourth-order valence-corrected chi connectivity index (χ4v) is 4.42. The zero-order chi connectivity index (χ0) is 22.7. The average Bonchev–Trinajstić information content (AvgIpc) is 3.42. The van der Waals surface area contributed by atoms with Crippen LogP contribution in [0.4, 0.5) is 5.69 Å². The molecule has 2 heterocycles. The van der Waals surface area contributed by atoms with Gasteiger partial charge in [-0.3, -0.25) is 14.4 Å². The fourth-order valence-electron chi connectivity index (χ4n) is 3.74. The van der Waals surface area contributed by atoms with Crippen molar-refractivity contribution in [2.24, 2.45) is 0 Å². The molecule has 0 bridgehead atoms. The molecule has 1 saturated heterocycles. The Labute approximate surface area is 191 Å². The topological polar surface area (TPSA) is 66.9 Å². The van der Waals surface area contributed by atoms with E-state index in [-0.39, 0.29) is 24.8 Å². The second-order valence-electron chi connectivity index (χ2n) is 7.61. The van der Waals surface area contributed by atoms with E-state index in [9.17, 15) is 14.4 Å². The highest BCUT2D eigenvalue weighted by atomic mass is 32.1. The smallest absolute Gasteiger partial charge is 0.264 e. The van der Waals surface area contributed by atoms with Crippen LogP contribution in [0.15, 0.2) is 66.0 Å². The molecule has 4 rings (SSSR count). The van der Waals surface area contributed by atoms with Crippen LogP contribution < -0.4 is 9.64 Å². The van der Waals surface area contributed by atoms with Crippen molar-refractivity contribution < 1.29 is 19.1 Å². The van der Waals surface area contributed by atoms with Crippen LogP contribution in [0.25, 0.3) is 0 Å². The molecule has 0 spiro atoms. The van der Waals surface area contributed by atoms with Crippen molar-refractivity contribution >= 4 is 34.7 Å². The molecule has 164 valence electrons. The second-order valence-corrected chi connectivity index (χ2v) is 8.56. The summed E-state index contributed by atoms with van der Waals surface area (Å²) in [4.78, 5) is 42.8. The summed E-state index contributed by atoms with van der Waals surface area (Å²) in [5, 5.41) is 1.82. The Morgan fingerprint density at radius 2 is 1.81 bits per heavy atom. The Kier molecular flexibility index (Phi) is 6.37. The number of anilines is 1. The molecule has 1 unspecified atom stereocenters. The Morgan fingerprint density at radius 3 is 2.44 bits per heavy atom. The lowest BCUT2D eigenvalue weighted by atomic mass is 10.1. The van der Waals surface area contributed by atoms with E-state index in [0.717, 1.165) is 11.1 Å². The number of hydrogen-bond donors (Lipinski definition) is 0. The molecule has 1 fully saturated rings. The van der Waals surface area contributed by atoms with Crippen molar-refractivity contribution in [2.45, 2.75) is 32.9 Å². The highest BCUT2D eigenvalue weighted by molar-refractivity contribution is 7.12. The summed E-state index contributed by atoms with van der Waals surface area (Å²) >= 11 is 1.32. The first-order valence-corrected chi connectivity index (χ1v) is 11.4. The van der Waals surface area contributed by atoms with Gasteiger partial charge in [0, 0.05) is 6.54 Å². The summed E-state index contributed by atoms with van der Waals surface area (Å²) in [7, 11) is 0. The van der Waals surface area contributed by atoms with Crippen LogP contribution in [0.2, 0.25) is 0 Å². The molecule has 0 saturated carbocycles. The molecule has 0 N–H and O–H groups in total. The summed E-state index contributed by atoms with van der Waals surface area (Å²) in [6, 6.07) is 17.3. The molecule has 1 aliphatic heterocycles. The number of amides is 3. The predicted octanol–water partition coefficient (Wildman–Crippen LogP) is 4.43. The van der Waals surface area contributed by atoms with Crippen LogP contribution in [0.1, 0.15) is 34.1 Å². The van der Waals surface area contributed by atoms with Crippen LogP contribution in [0.5, 0.6) is 5.75 Å². The minimum atomic E-state index is -0.857. The lowest BCUT2D eigenvalue weighted by molar-refractivity contribution is -0.122. The lowest BCUT2D eigenvalue weighted by Crippen LogP contribution is -2.44. The molecule has 1 aromatic heterocycles. The predicted molar refractivity (Wildman–Crippen MR) is 124 cm³/mol. The molecule has 32 heavy (non-hydrogen) atoms. The number of nitrogens with zero attached hydrogens (tertiary/aromatic N) is 2. The normalized spacial score (nSPS) is 15.8. The molecule has 6 nitrogen and oxygen atoms in total. The number of rotatable bonds is 7.